The Bertz CT molecular complexity index is 946. The highest BCUT2D eigenvalue weighted by atomic mass is 35.5. The minimum absolute atomic E-state index is 0.0539. The van der Waals surface area contributed by atoms with Crippen LogP contribution in [0.3, 0.4) is 0 Å². The van der Waals surface area contributed by atoms with Crippen molar-refractivity contribution >= 4 is 23.2 Å². The van der Waals surface area contributed by atoms with Gasteiger partial charge in [0.05, 0.1) is 17.4 Å². The molecule has 1 N–H and O–H groups in total. The van der Waals surface area contributed by atoms with Crippen LogP contribution in [-0.2, 0) is 0 Å². The van der Waals surface area contributed by atoms with E-state index in [9.17, 15) is 9.18 Å². The molecule has 3 rings (SSSR count). The number of nitrogens with zero attached hydrogens (tertiary/aromatic N) is 4. The van der Waals surface area contributed by atoms with Crippen molar-refractivity contribution in [2.24, 2.45) is 0 Å². The first-order valence-corrected chi connectivity index (χ1v) is 7.14. The quantitative estimate of drug-likeness (QED) is 0.793. The number of halogens is 2. The molecule has 0 bridgehead atoms. The van der Waals surface area contributed by atoms with Crippen LogP contribution in [0.5, 0.6) is 0 Å². The number of amides is 1. The van der Waals surface area contributed by atoms with E-state index in [0.717, 1.165) is 0 Å². The van der Waals surface area contributed by atoms with Crippen molar-refractivity contribution in [1.82, 2.24) is 15.0 Å². The summed E-state index contributed by atoms with van der Waals surface area (Å²) in [5.41, 5.74) is 1.24. The lowest BCUT2D eigenvalue weighted by molar-refractivity contribution is 0.102. The Morgan fingerprint density at radius 1 is 1.25 bits per heavy atom. The van der Waals surface area contributed by atoms with Gasteiger partial charge in [-0.05, 0) is 42.5 Å². The zero-order chi connectivity index (χ0) is 17.1. The molecule has 1 heterocycles. The number of aromatic nitrogens is 3. The largest absolute Gasteiger partial charge is 0.321 e. The third-order valence-corrected chi connectivity index (χ3v) is 3.39. The van der Waals surface area contributed by atoms with Crippen molar-refractivity contribution in [3.8, 4) is 11.8 Å². The number of rotatable bonds is 3. The summed E-state index contributed by atoms with van der Waals surface area (Å²) in [5, 5.41) is 19.8. The number of anilines is 1. The molecule has 6 nitrogen and oxygen atoms in total. The zero-order valence-corrected chi connectivity index (χ0v) is 12.8. The molecular formula is C16H9ClFN5O. The van der Waals surface area contributed by atoms with E-state index in [2.05, 4.69) is 15.6 Å². The number of hydrogen-bond acceptors (Lipinski definition) is 4. The summed E-state index contributed by atoms with van der Waals surface area (Å²) in [6.45, 7) is 0. The molecule has 0 unspecified atom stereocenters. The first-order chi connectivity index (χ1) is 11.6. The molecule has 0 saturated carbocycles. The first kappa shape index (κ1) is 15.6. The molecular weight excluding hydrogens is 333 g/mol. The van der Waals surface area contributed by atoms with Crippen LogP contribution in [0.25, 0.3) is 5.69 Å². The average Bonchev–Trinajstić information content (AvgIpc) is 3.06. The van der Waals surface area contributed by atoms with Gasteiger partial charge >= 0.3 is 0 Å². The van der Waals surface area contributed by atoms with Gasteiger partial charge in [-0.1, -0.05) is 16.8 Å². The van der Waals surface area contributed by atoms with Gasteiger partial charge in [-0.2, -0.15) is 5.26 Å². The Balaban J connectivity index is 1.84. The Morgan fingerprint density at radius 3 is 2.71 bits per heavy atom. The number of carbonyl (C=O) groups is 1. The maximum atomic E-state index is 12.9. The zero-order valence-electron chi connectivity index (χ0n) is 12.1. The third-order valence-electron chi connectivity index (χ3n) is 3.15. The summed E-state index contributed by atoms with van der Waals surface area (Å²) >= 11 is 5.85. The average molecular weight is 342 g/mol. The van der Waals surface area contributed by atoms with Crippen LogP contribution in [-0.4, -0.2) is 20.9 Å². The Labute approximate surface area is 141 Å². The van der Waals surface area contributed by atoms with Gasteiger partial charge in [-0.3, -0.25) is 4.79 Å². The Morgan fingerprint density at radius 2 is 2.00 bits per heavy atom. The fourth-order valence-electron chi connectivity index (χ4n) is 2.01. The summed E-state index contributed by atoms with van der Waals surface area (Å²) in [4.78, 5) is 12.1. The molecule has 118 valence electrons. The van der Waals surface area contributed by atoms with E-state index in [0.29, 0.717) is 22.0 Å². The molecule has 2 aromatic carbocycles. The van der Waals surface area contributed by atoms with Crippen LogP contribution >= 0.6 is 11.6 Å². The molecule has 1 amide bonds. The molecule has 0 spiro atoms. The molecule has 0 aliphatic carbocycles. The molecule has 0 saturated heterocycles. The molecule has 1 aromatic heterocycles. The van der Waals surface area contributed by atoms with Crippen molar-refractivity contribution in [1.29, 1.82) is 5.26 Å². The highest BCUT2D eigenvalue weighted by molar-refractivity contribution is 6.30. The highest BCUT2D eigenvalue weighted by Gasteiger charge is 2.14. The fraction of sp³-hybridized carbons (Fsp3) is 0. The second kappa shape index (κ2) is 6.48. The molecule has 0 aliphatic heterocycles. The second-order valence-electron chi connectivity index (χ2n) is 4.78. The lowest BCUT2D eigenvalue weighted by Crippen LogP contribution is -2.12. The summed E-state index contributed by atoms with van der Waals surface area (Å²) in [6.07, 6.45) is 1.39. The number of carbonyl (C=O) groups excluding carboxylic acids is 1. The highest BCUT2D eigenvalue weighted by Crippen LogP contribution is 2.19. The van der Waals surface area contributed by atoms with Gasteiger partial charge in [-0.15, -0.1) is 5.10 Å². The van der Waals surface area contributed by atoms with Crippen LogP contribution in [0, 0.1) is 17.1 Å². The van der Waals surface area contributed by atoms with E-state index < -0.39 is 11.7 Å². The van der Waals surface area contributed by atoms with Gasteiger partial charge in [0.1, 0.15) is 11.9 Å². The fourth-order valence-corrected chi connectivity index (χ4v) is 2.18. The van der Waals surface area contributed by atoms with Gasteiger partial charge in [0.15, 0.2) is 5.69 Å². The van der Waals surface area contributed by atoms with Crippen molar-refractivity contribution < 1.29 is 9.18 Å². The lowest BCUT2D eigenvalue weighted by Gasteiger charge is -2.03. The molecule has 24 heavy (non-hydrogen) atoms. The first-order valence-electron chi connectivity index (χ1n) is 6.76. The van der Waals surface area contributed by atoms with E-state index in [1.807, 2.05) is 6.07 Å². The van der Waals surface area contributed by atoms with Crippen molar-refractivity contribution in [2.45, 2.75) is 0 Å². The monoisotopic (exact) mass is 341 g/mol. The van der Waals surface area contributed by atoms with Gasteiger partial charge in [0.2, 0.25) is 0 Å². The van der Waals surface area contributed by atoms with E-state index in [4.69, 9.17) is 16.9 Å². The van der Waals surface area contributed by atoms with Crippen LogP contribution in [0.4, 0.5) is 10.1 Å². The van der Waals surface area contributed by atoms with Crippen molar-refractivity contribution in [3.05, 3.63) is 70.8 Å². The third kappa shape index (κ3) is 3.24. The van der Waals surface area contributed by atoms with Gasteiger partial charge < -0.3 is 5.32 Å². The van der Waals surface area contributed by atoms with Crippen LogP contribution < -0.4 is 5.32 Å². The van der Waals surface area contributed by atoms with Gasteiger partial charge in [0.25, 0.3) is 5.91 Å². The van der Waals surface area contributed by atoms with E-state index in [1.54, 1.807) is 12.1 Å². The topological polar surface area (TPSA) is 83.6 Å². The number of benzene rings is 2. The molecule has 0 aliphatic rings. The normalized spacial score (nSPS) is 10.2. The molecule has 0 fully saturated rings. The Hall–Kier alpha value is -3.24. The summed E-state index contributed by atoms with van der Waals surface area (Å²) in [7, 11) is 0. The Kier molecular flexibility index (Phi) is 4.22. The summed E-state index contributed by atoms with van der Waals surface area (Å²) in [5.74, 6) is -0.897. The SMILES string of the molecule is N#Cc1cc(Cl)ccc1-n1cc(C(=O)Nc2ccc(F)cc2)nn1. The van der Waals surface area contributed by atoms with Gasteiger partial charge in [-0.25, -0.2) is 9.07 Å². The van der Waals surface area contributed by atoms with Crippen LogP contribution in [0.2, 0.25) is 5.02 Å². The summed E-state index contributed by atoms with van der Waals surface area (Å²) < 4.78 is 14.2. The standard InChI is InChI=1S/C16H9ClFN5O/c17-11-1-6-15(10(7-11)8-19)23-9-14(21-22-23)16(24)20-13-4-2-12(18)3-5-13/h1-7,9H,(H,20,24). The minimum Gasteiger partial charge on any atom is -0.321 e. The summed E-state index contributed by atoms with van der Waals surface area (Å²) in [6, 6.07) is 12.1. The van der Waals surface area contributed by atoms with Crippen LogP contribution in [0.1, 0.15) is 16.1 Å². The number of hydrogen-bond donors (Lipinski definition) is 1. The van der Waals surface area contributed by atoms with Crippen molar-refractivity contribution in [2.75, 3.05) is 5.32 Å². The van der Waals surface area contributed by atoms with Crippen LogP contribution in [0.15, 0.2) is 48.7 Å². The van der Waals surface area contributed by atoms with E-state index in [1.165, 1.54) is 41.2 Å². The maximum absolute atomic E-state index is 12.9. The second-order valence-corrected chi connectivity index (χ2v) is 5.22. The maximum Gasteiger partial charge on any atom is 0.277 e. The molecule has 0 radical (unpaired) electrons. The predicted octanol–water partition coefficient (Wildman–Crippen LogP) is 3.18. The lowest BCUT2D eigenvalue weighted by atomic mass is 10.2. The molecule has 3 aromatic rings. The smallest absolute Gasteiger partial charge is 0.277 e. The number of nitriles is 1. The number of nitrogens with one attached hydrogen (secondary N) is 1. The van der Waals surface area contributed by atoms with Crippen molar-refractivity contribution in [3.63, 3.8) is 0 Å². The predicted molar refractivity (Wildman–Crippen MR) is 85.4 cm³/mol. The van der Waals surface area contributed by atoms with E-state index >= 15 is 0 Å². The molecule has 0 atom stereocenters. The van der Waals surface area contributed by atoms with E-state index in [-0.39, 0.29) is 5.69 Å². The van der Waals surface area contributed by atoms with Gasteiger partial charge in [0, 0.05) is 10.7 Å². The minimum atomic E-state index is -0.500. The molecule has 8 heteroatoms.